The highest BCUT2D eigenvalue weighted by atomic mass is 16.5. The number of carbonyl (C=O) groups is 1. The first-order valence-corrected chi connectivity index (χ1v) is 7.33. The highest BCUT2D eigenvalue weighted by Crippen LogP contribution is 2.23. The van der Waals surface area contributed by atoms with Crippen LogP contribution in [0.2, 0.25) is 0 Å². The van der Waals surface area contributed by atoms with Crippen LogP contribution in [0.1, 0.15) is 42.7 Å². The summed E-state index contributed by atoms with van der Waals surface area (Å²) in [4.78, 5) is 16.0. The predicted molar refractivity (Wildman–Crippen MR) is 84.8 cm³/mol. The Labute approximate surface area is 126 Å². The minimum atomic E-state index is 0.0446. The monoisotopic (exact) mass is 283 g/mol. The molecule has 0 aliphatic carbocycles. The van der Waals surface area contributed by atoms with Crippen molar-refractivity contribution >= 4 is 5.78 Å². The van der Waals surface area contributed by atoms with Gasteiger partial charge in [0.15, 0.2) is 5.78 Å². The van der Waals surface area contributed by atoms with Gasteiger partial charge in [-0.2, -0.15) is 0 Å². The molecule has 0 spiro atoms. The summed E-state index contributed by atoms with van der Waals surface area (Å²) < 4.78 is 5.72. The van der Waals surface area contributed by atoms with E-state index < -0.39 is 0 Å². The smallest absolute Gasteiger partial charge is 0.161 e. The molecule has 1 aromatic carbocycles. The van der Waals surface area contributed by atoms with Crippen molar-refractivity contribution in [3.05, 3.63) is 47.7 Å². The Morgan fingerprint density at radius 3 is 2.71 bits per heavy atom. The van der Waals surface area contributed by atoms with Gasteiger partial charge in [0.25, 0.3) is 0 Å². The molecule has 0 aliphatic heterocycles. The number of carbonyl (C=O) groups excluding carboxylic acids is 1. The molecule has 0 atom stereocenters. The third-order valence-electron chi connectivity index (χ3n) is 3.36. The predicted octanol–water partition coefficient (Wildman–Crippen LogP) is 4.44. The number of ketones is 1. The van der Waals surface area contributed by atoms with Gasteiger partial charge < -0.3 is 4.74 Å². The number of rotatable bonds is 6. The zero-order valence-corrected chi connectivity index (χ0v) is 12.8. The molecule has 2 aromatic rings. The van der Waals surface area contributed by atoms with Gasteiger partial charge in [-0.05, 0) is 44.5 Å². The first-order valence-electron chi connectivity index (χ1n) is 7.33. The highest BCUT2D eigenvalue weighted by Gasteiger charge is 2.08. The van der Waals surface area contributed by atoms with Crippen molar-refractivity contribution in [3.8, 4) is 17.0 Å². The van der Waals surface area contributed by atoms with Gasteiger partial charge in [-0.15, -0.1) is 0 Å². The summed E-state index contributed by atoms with van der Waals surface area (Å²) in [6.45, 7) is 6.30. The van der Waals surface area contributed by atoms with Crippen molar-refractivity contribution in [2.24, 2.45) is 0 Å². The van der Waals surface area contributed by atoms with E-state index in [2.05, 4.69) is 11.9 Å². The van der Waals surface area contributed by atoms with Gasteiger partial charge in [0.05, 0.1) is 12.3 Å². The van der Waals surface area contributed by atoms with Crippen molar-refractivity contribution < 1.29 is 9.53 Å². The topological polar surface area (TPSA) is 39.2 Å². The number of benzene rings is 1. The molecule has 0 radical (unpaired) electrons. The van der Waals surface area contributed by atoms with Crippen LogP contribution in [0.3, 0.4) is 0 Å². The van der Waals surface area contributed by atoms with Gasteiger partial charge in [-0.1, -0.05) is 25.5 Å². The average Bonchev–Trinajstić information content (AvgIpc) is 2.47. The normalized spacial score (nSPS) is 10.4. The number of ether oxygens (including phenoxy) is 1. The second-order valence-corrected chi connectivity index (χ2v) is 5.12. The molecule has 0 N–H and O–H groups in total. The van der Waals surface area contributed by atoms with E-state index >= 15 is 0 Å². The van der Waals surface area contributed by atoms with Crippen molar-refractivity contribution in [1.82, 2.24) is 4.98 Å². The number of unbranched alkanes of at least 4 members (excludes halogenated alkanes) is 1. The summed E-state index contributed by atoms with van der Waals surface area (Å²) in [5, 5.41) is 0. The van der Waals surface area contributed by atoms with Crippen LogP contribution >= 0.6 is 0 Å². The average molecular weight is 283 g/mol. The van der Waals surface area contributed by atoms with Crippen molar-refractivity contribution in [3.63, 3.8) is 0 Å². The molecule has 3 nitrogen and oxygen atoms in total. The maximum absolute atomic E-state index is 11.5. The minimum Gasteiger partial charge on any atom is -0.494 e. The fourth-order valence-corrected chi connectivity index (χ4v) is 2.17. The van der Waals surface area contributed by atoms with Gasteiger partial charge in [-0.3, -0.25) is 9.78 Å². The number of nitrogens with zero attached hydrogens (tertiary/aromatic N) is 1. The molecule has 0 saturated heterocycles. The van der Waals surface area contributed by atoms with E-state index in [0.29, 0.717) is 5.56 Å². The molecular formula is C18H21NO2. The van der Waals surface area contributed by atoms with Crippen molar-refractivity contribution in [2.75, 3.05) is 6.61 Å². The molecule has 1 aromatic heterocycles. The molecule has 0 saturated carbocycles. The number of pyridine rings is 1. The Bertz CT molecular complexity index is 635. The first kappa shape index (κ1) is 15.2. The van der Waals surface area contributed by atoms with Crippen molar-refractivity contribution in [1.29, 1.82) is 0 Å². The fraction of sp³-hybridized carbons (Fsp3) is 0.333. The molecule has 1 heterocycles. The Kier molecular flexibility index (Phi) is 5.09. The summed E-state index contributed by atoms with van der Waals surface area (Å²) in [6, 6.07) is 11.6. The van der Waals surface area contributed by atoms with E-state index in [1.165, 1.54) is 0 Å². The molecule has 3 heteroatoms. The summed E-state index contributed by atoms with van der Waals surface area (Å²) in [7, 11) is 0. The van der Waals surface area contributed by atoms with Crippen LogP contribution in [-0.4, -0.2) is 17.4 Å². The zero-order valence-electron chi connectivity index (χ0n) is 12.8. The zero-order chi connectivity index (χ0) is 15.2. The molecule has 21 heavy (non-hydrogen) atoms. The molecule has 0 bridgehead atoms. The molecule has 2 rings (SSSR count). The van der Waals surface area contributed by atoms with Gasteiger partial charge >= 0.3 is 0 Å². The second kappa shape index (κ2) is 7.02. The Balaban J connectivity index is 2.23. The van der Waals surface area contributed by atoms with E-state index in [1.54, 1.807) is 6.92 Å². The number of hydrogen-bond donors (Lipinski definition) is 0. The Morgan fingerprint density at radius 2 is 2.05 bits per heavy atom. The van der Waals surface area contributed by atoms with E-state index in [1.807, 2.05) is 43.3 Å². The lowest BCUT2D eigenvalue weighted by molar-refractivity contribution is 0.101. The standard InChI is InChI=1S/C18H21NO2/c1-4-5-11-21-16-8-6-7-15(12-16)18-10-9-17(14(3)20)13(2)19-18/h6-10,12H,4-5,11H2,1-3H3. The molecule has 110 valence electrons. The maximum atomic E-state index is 11.5. The summed E-state index contributed by atoms with van der Waals surface area (Å²) in [5.74, 6) is 0.902. The lowest BCUT2D eigenvalue weighted by atomic mass is 10.1. The Hall–Kier alpha value is -2.16. The summed E-state index contributed by atoms with van der Waals surface area (Å²) in [5.41, 5.74) is 3.30. The van der Waals surface area contributed by atoms with Crippen LogP contribution in [0.25, 0.3) is 11.3 Å². The highest BCUT2D eigenvalue weighted by molar-refractivity contribution is 5.95. The lowest BCUT2D eigenvalue weighted by Gasteiger charge is -2.09. The second-order valence-electron chi connectivity index (χ2n) is 5.12. The van der Waals surface area contributed by atoms with Crippen LogP contribution in [0.4, 0.5) is 0 Å². The SMILES string of the molecule is CCCCOc1cccc(-c2ccc(C(C)=O)c(C)n2)c1. The Morgan fingerprint density at radius 1 is 1.24 bits per heavy atom. The fourth-order valence-electron chi connectivity index (χ4n) is 2.17. The largest absolute Gasteiger partial charge is 0.494 e. The number of hydrogen-bond acceptors (Lipinski definition) is 3. The molecule has 0 amide bonds. The summed E-state index contributed by atoms with van der Waals surface area (Å²) in [6.07, 6.45) is 2.17. The number of Topliss-reactive ketones (excluding diaryl/α,β-unsaturated/α-hetero) is 1. The van der Waals surface area contributed by atoms with E-state index in [0.717, 1.165) is 42.1 Å². The van der Waals surface area contributed by atoms with Crippen molar-refractivity contribution in [2.45, 2.75) is 33.6 Å². The first-order chi connectivity index (χ1) is 10.1. The van der Waals surface area contributed by atoms with Crippen LogP contribution in [0.15, 0.2) is 36.4 Å². The van der Waals surface area contributed by atoms with Crippen LogP contribution in [-0.2, 0) is 0 Å². The van der Waals surface area contributed by atoms with Gasteiger partial charge in [0.1, 0.15) is 5.75 Å². The molecule has 0 fully saturated rings. The third-order valence-corrected chi connectivity index (χ3v) is 3.36. The molecular weight excluding hydrogens is 262 g/mol. The molecule has 0 aliphatic rings. The summed E-state index contributed by atoms with van der Waals surface area (Å²) >= 11 is 0. The van der Waals surface area contributed by atoms with Gasteiger partial charge in [0, 0.05) is 16.8 Å². The van der Waals surface area contributed by atoms with Crippen LogP contribution in [0, 0.1) is 6.92 Å². The van der Waals surface area contributed by atoms with E-state index in [4.69, 9.17) is 4.74 Å². The van der Waals surface area contributed by atoms with Crippen LogP contribution in [0.5, 0.6) is 5.75 Å². The number of aryl methyl sites for hydroxylation is 1. The molecule has 0 unspecified atom stereocenters. The van der Waals surface area contributed by atoms with E-state index in [-0.39, 0.29) is 5.78 Å². The van der Waals surface area contributed by atoms with E-state index in [9.17, 15) is 4.79 Å². The maximum Gasteiger partial charge on any atom is 0.161 e. The number of aromatic nitrogens is 1. The lowest BCUT2D eigenvalue weighted by Crippen LogP contribution is -2.00. The van der Waals surface area contributed by atoms with Crippen LogP contribution < -0.4 is 4.74 Å². The van der Waals surface area contributed by atoms with Gasteiger partial charge in [0.2, 0.25) is 0 Å². The minimum absolute atomic E-state index is 0.0446. The quantitative estimate of drug-likeness (QED) is 0.581. The third kappa shape index (κ3) is 3.91. The van der Waals surface area contributed by atoms with Gasteiger partial charge in [-0.25, -0.2) is 0 Å².